The van der Waals surface area contributed by atoms with Crippen molar-refractivity contribution in [3.8, 4) is 5.75 Å². The molecule has 0 fully saturated rings. The molecule has 0 heterocycles. The summed E-state index contributed by atoms with van der Waals surface area (Å²) in [6.07, 6.45) is 0. The summed E-state index contributed by atoms with van der Waals surface area (Å²) in [5, 5.41) is 2.66. The lowest BCUT2D eigenvalue weighted by molar-refractivity contribution is 0.0599. The van der Waals surface area contributed by atoms with Crippen molar-refractivity contribution in [3.05, 3.63) is 58.7 Å². The van der Waals surface area contributed by atoms with Crippen LogP contribution in [0.4, 0.5) is 5.69 Å². The average Bonchev–Trinajstić information content (AvgIpc) is 2.66. The molecule has 0 radical (unpaired) electrons. The molecule has 2 aromatic rings. The number of hydrogen-bond donors (Lipinski definition) is 1. The van der Waals surface area contributed by atoms with Gasteiger partial charge in [-0.1, -0.05) is 6.07 Å². The van der Waals surface area contributed by atoms with Gasteiger partial charge in [0.1, 0.15) is 5.75 Å². The summed E-state index contributed by atoms with van der Waals surface area (Å²) >= 11 is 0. The maximum atomic E-state index is 12.5. The number of nitrogens with one attached hydrogen (secondary N) is 1. The Balaban J connectivity index is 2.36. The highest BCUT2D eigenvalue weighted by Gasteiger charge is 2.16. The van der Waals surface area contributed by atoms with Gasteiger partial charge in [0.15, 0.2) is 0 Å². The van der Waals surface area contributed by atoms with Crippen LogP contribution in [-0.4, -0.2) is 39.2 Å². The summed E-state index contributed by atoms with van der Waals surface area (Å²) in [6, 6.07) is 9.19. The van der Waals surface area contributed by atoms with Gasteiger partial charge in [-0.3, -0.25) is 4.79 Å². The van der Waals surface area contributed by atoms with E-state index in [4.69, 9.17) is 4.74 Å². The summed E-state index contributed by atoms with van der Waals surface area (Å²) in [7, 11) is 3.97. The molecule has 0 atom stereocenters. The van der Waals surface area contributed by atoms with Crippen LogP contribution in [0.25, 0.3) is 0 Å². The Kier molecular flexibility index (Phi) is 5.95. The van der Waals surface area contributed by atoms with Gasteiger partial charge in [-0.05, 0) is 42.8 Å². The maximum Gasteiger partial charge on any atom is 0.337 e. The third-order valence-electron chi connectivity index (χ3n) is 3.70. The Morgan fingerprint density at radius 2 is 1.38 bits per heavy atom. The number of carbonyl (C=O) groups excluding carboxylic acids is 3. The van der Waals surface area contributed by atoms with Crippen LogP contribution >= 0.6 is 0 Å². The van der Waals surface area contributed by atoms with Gasteiger partial charge in [0.25, 0.3) is 5.91 Å². The minimum absolute atomic E-state index is 0.118. The van der Waals surface area contributed by atoms with Gasteiger partial charge in [-0.2, -0.15) is 0 Å². The van der Waals surface area contributed by atoms with E-state index >= 15 is 0 Å². The Morgan fingerprint density at radius 1 is 0.808 bits per heavy atom. The molecule has 0 aliphatic carbocycles. The van der Waals surface area contributed by atoms with Crippen LogP contribution in [0.5, 0.6) is 5.75 Å². The molecule has 1 N–H and O–H groups in total. The molecule has 0 aliphatic rings. The van der Waals surface area contributed by atoms with Gasteiger partial charge in [-0.25, -0.2) is 9.59 Å². The normalized spacial score (nSPS) is 10.0. The second-order valence-corrected chi connectivity index (χ2v) is 5.42. The molecule has 0 saturated heterocycles. The van der Waals surface area contributed by atoms with E-state index in [1.165, 1.54) is 39.5 Å². The second kappa shape index (κ2) is 8.15. The van der Waals surface area contributed by atoms with Crippen LogP contribution in [0, 0.1) is 6.92 Å². The molecule has 0 aromatic heterocycles. The van der Waals surface area contributed by atoms with Crippen LogP contribution in [0.3, 0.4) is 0 Å². The van der Waals surface area contributed by atoms with E-state index in [0.29, 0.717) is 11.3 Å². The summed E-state index contributed by atoms with van der Waals surface area (Å²) in [4.78, 5) is 36.1. The molecule has 0 spiro atoms. The number of amides is 1. The zero-order valence-corrected chi connectivity index (χ0v) is 14.9. The first-order chi connectivity index (χ1) is 12.4. The van der Waals surface area contributed by atoms with Crippen LogP contribution in [0.15, 0.2) is 36.4 Å². The molecule has 136 valence electrons. The number of aryl methyl sites for hydroxylation is 1. The van der Waals surface area contributed by atoms with Crippen molar-refractivity contribution < 1.29 is 28.6 Å². The number of ether oxygens (including phenoxy) is 3. The largest absolute Gasteiger partial charge is 0.496 e. The van der Waals surface area contributed by atoms with Crippen molar-refractivity contribution in [3.63, 3.8) is 0 Å². The highest BCUT2D eigenvalue weighted by Crippen LogP contribution is 2.21. The van der Waals surface area contributed by atoms with Crippen LogP contribution in [-0.2, 0) is 9.47 Å². The molecule has 0 aliphatic heterocycles. The smallest absolute Gasteiger partial charge is 0.337 e. The highest BCUT2D eigenvalue weighted by atomic mass is 16.5. The maximum absolute atomic E-state index is 12.5. The van der Waals surface area contributed by atoms with Crippen molar-refractivity contribution in [1.82, 2.24) is 0 Å². The standard InChI is InChI=1S/C19H19NO6/c1-11-5-6-12(10-16(11)24-2)17(21)20-15-8-13(18(22)25-3)7-14(9-15)19(23)26-4/h5-10H,1-4H3,(H,20,21). The lowest BCUT2D eigenvalue weighted by Crippen LogP contribution is -2.14. The third-order valence-corrected chi connectivity index (χ3v) is 3.70. The minimum atomic E-state index is -0.636. The lowest BCUT2D eigenvalue weighted by atomic mass is 10.1. The predicted octanol–water partition coefficient (Wildman–Crippen LogP) is 2.83. The molecule has 0 unspecified atom stereocenters. The van der Waals surface area contributed by atoms with E-state index in [1.807, 2.05) is 6.92 Å². The first-order valence-electron chi connectivity index (χ1n) is 7.67. The fourth-order valence-corrected chi connectivity index (χ4v) is 2.34. The summed E-state index contributed by atoms with van der Waals surface area (Å²) in [6.45, 7) is 1.86. The fraction of sp³-hybridized carbons (Fsp3) is 0.211. The molecule has 1 amide bonds. The van der Waals surface area contributed by atoms with E-state index < -0.39 is 17.8 Å². The highest BCUT2D eigenvalue weighted by molar-refractivity contribution is 6.06. The quantitative estimate of drug-likeness (QED) is 0.828. The number of benzene rings is 2. The van der Waals surface area contributed by atoms with Crippen LogP contribution in [0.2, 0.25) is 0 Å². The van der Waals surface area contributed by atoms with E-state index in [0.717, 1.165) is 5.56 Å². The molecule has 0 bridgehead atoms. The predicted molar refractivity (Wildman–Crippen MR) is 94.8 cm³/mol. The van der Waals surface area contributed by atoms with Gasteiger partial charge in [-0.15, -0.1) is 0 Å². The summed E-state index contributed by atoms with van der Waals surface area (Å²) in [5.74, 6) is -1.11. The van der Waals surface area contributed by atoms with Crippen molar-refractivity contribution in [2.75, 3.05) is 26.6 Å². The van der Waals surface area contributed by atoms with Crippen LogP contribution in [0.1, 0.15) is 36.6 Å². The van der Waals surface area contributed by atoms with Crippen molar-refractivity contribution in [2.45, 2.75) is 6.92 Å². The Morgan fingerprint density at radius 3 is 1.88 bits per heavy atom. The first kappa shape index (κ1) is 19.0. The Labute approximate surface area is 150 Å². The van der Waals surface area contributed by atoms with Crippen molar-refractivity contribution >= 4 is 23.5 Å². The number of rotatable bonds is 5. The SMILES string of the molecule is COC(=O)c1cc(NC(=O)c2ccc(C)c(OC)c2)cc(C(=O)OC)c1. The molecule has 0 saturated carbocycles. The first-order valence-corrected chi connectivity index (χ1v) is 7.67. The Hall–Kier alpha value is -3.35. The van der Waals surface area contributed by atoms with E-state index in [9.17, 15) is 14.4 Å². The fourth-order valence-electron chi connectivity index (χ4n) is 2.34. The van der Waals surface area contributed by atoms with E-state index in [1.54, 1.807) is 18.2 Å². The number of carbonyl (C=O) groups is 3. The van der Waals surface area contributed by atoms with Crippen molar-refractivity contribution in [1.29, 1.82) is 0 Å². The van der Waals surface area contributed by atoms with Gasteiger partial charge < -0.3 is 19.5 Å². The van der Waals surface area contributed by atoms with Gasteiger partial charge in [0, 0.05) is 11.3 Å². The monoisotopic (exact) mass is 357 g/mol. The van der Waals surface area contributed by atoms with Gasteiger partial charge in [0.2, 0.25) is 0 Å². The average molecular weight is 357 g/mol. The molecule has 7 heteroatoms. The summed E-state index contributed by atoms with van der Waals surface area (Å²) in [5.41, 5.74) is 1.76. The lowest BCUT2D eigenvalue weighted by Gasteiger charge is -2.11. The molecule has 2 rings (SSSR count). The zero-order chi connectivity index (χ0) is 19.3. The zero-order valence-electron chi connectivity index (χ0n) is 14.9. The second-order valence-electron chi connectivity index (χ2n) is 5.42. The minimum Gasteiger partial charge on any atom is -0.496 e. The Bertz CT molecular complexity index is 825. The molecular weight excluding hydrogens is 338 g/mol. The molecule has 26 heavy (non-hydrogen) atoms. The molecule has 7 nitrogen and oxygen atoms in total. The van der Waals surface area contributed by atoms with Crippen molar-refractivity contribution in [2.24, 2.45) is 0 Å². The number of hydrogen-bond acceptors (Lipinski definition) is 6. The molecule has 2 aromatic carbocycles. The van der Waals surface area contributed by atoms with Gasteiger partial charge >= 0.3 is 11.9 Å². The number of anilines is 1. The van der Waals surface area contributed by atoms with Gasteiger partial charge in [0.05, 0.1) is 32.5 Å². The molecular formula is C19H19NO6. The number of esters is 2. The van der Waals surface area contributed by atoms with Crippen LogP contribution < -0.4 is 10.1 Å². The number of methoxy groups -OCH3 is 3. The third kappa shape index (κ3) is 4.18. The summed E-state index contributed by atoms with van der Waals surface area (Å²) < 4.78 is 14.6. The topological polar surface area (TPSA) is 90.9 Å². The van der Waals surface area contributed by atoms with E-state index in [2.05, 4.69) is 14.8 Å². The van der Waals surface area contributed by atoms with E-state index in [-0.39, 0.29) is 16.8 Å².